The molecule has 0 saturated heterocycles. The number of hydrogen-bond donors (Lipinski definition) is 1. The molecular formula is C12H19N3OSi. The molecule has 0 bridgehead atoms. The number of nitrogens with one attached hydrogen (secondary N) is 1. The molecule has 4 nitrogen and oxygen atoms in total. The van der Waals surface area contributed by atoms with E-state index in [1.54, 1.807) is 7.11 Å². The summed E-state index contributed by atoms with van der Waals surface area (Å²) in [6, 6.07) is 7.68. The Morgan fingerprint density at radius 1 is 1.29 bits per heavy atom. The molecule has 0 heterocycles. The Morgan fingerprint density at radius 3 is 2.29 bits per heavy atom. The first-order valence-electron chi connectivity index (χ1n) is 5.56. The van der Waals surface area contributed by atoms with Gasteiger partial charge in [0.15, 0.2) is 8.07 Å². The van der Waals surface area contributed by atoms with Crippen molar-refractivity contribution in [3.05, 3.63) is 29.8 Å². The Balaban J connectivity index is 2.64. The van der Waals surface area contributed by atoms with Crippen LogP contribution < -0.4 is 10.1 Å². The van der Waals surface area contributed by atoms with Crippen LogP contribution in [0.1, 0.15) is 0 Å². The summed E-state index contributed by atoms with van der Waals surface area (Å²) in [6.07, 6.45) is 0. The van der Waals surface area contributed by atoms with Gasteiger partial charge in [-0.3, -0.25) is 0 Å². The van der Waals surface area contributed by atoms with Gasteiger partial charge in [0.05, 0.1) is 7.11 Å². The lowest BCUT2D eigenvalue weighted by molar-refractivity contribution is -0.00246. The maximum atomic E-state index is 8.98. The standard InChI is InChI=1S/C12H19N3OSi/c1-16-11-7-5-10(6-8-11)14-9-12(15-13)17(2,3)4/h5-8,14H,9H2,1-4H3. The van der Waals surface area contributed by atoms with Crippen molar-refractivity contribution in [2.75, 3.05) is 19.0 Å². The summed E-state index contributed by atoms with van der Waals surface area (Å²) in [5, 5.41) is 4.10. The average molecular weight is 249 g/mol. The molecule has 0 aliphatic rings. The van der Waals surface area contributed by atoms with Crippen molar-refractivity contribution in [2.24, 2.45) is 0 Å². The molecule has 1 aromatic rings. The molecule has 1 rings (SSSR count). The second-order valence-electron chi connectivity index (χ2n) is 4.88. The monoisotopic (exact) mass is 249 g/mol. The fourth-order valence-electron chi connectivity index (χ4n) is 1.35. The van der Waals surface area contributed by atoms with Crippen LogP contribution in [0, 0.1) is 0 Å². The molecule has 0 aliphatic heterocycles. The number of methoxy groups -OCH3 is 1. The third kappa shape index (κ3) is 4.05. The molecule has 1 aromatic carbocycles. The third-order valence-corrected chi connectivity index (χ3v) is 4.54. The van der Waals surface area contributed by atoms with Crippen molar-refractivity contribution in [1.29, 1.82) is 0 Å². The van der Waals surface area contributed by atoms with Gasteiger partial charge in [-0.2, -0.15) is 4.79 Å². The first-order chi connectivity index (χ1) is 7.97. The van der Waals surface area contributed by atoms with Gasteiger partial charge in [0.25, 0.3) is 5.33 Å². The third-order valence-electron chi connectivity index (χ3n) is 2.54. The van der Waals surface area contributed by atoms with E-state index in [1.807, 2.05) is 24.3 Å². The molecule has 0 spiro atoms. The van der Waals surface area contributed by atoms with Gasteiger partial charge in [-0.15, -0.1) is 0 Å². The minimum Gasteiger partial charge on any atom is -0.497 e. The van der Waals surface area contributed by atoms with Crippen LogP contribution >= 0.6 is 0 Å². The summed E-state index contributed by atoms with van der Waals surface area (Å²) in [4.78, 5) is 3.40. The number of nitrogens with zero attached hydrogens (tertiary/aromatic N) is 2. The van der Waals surface area contributed by atoms with Crippen molar-refractivity contribution in [1.82, 2.24) is 0 Å². The van der Waals surface area contributed by atoms with E-state index in [4.69, 9.17) is 10.3 Å². The van der Waals surface area contributed by atoms with Crippen LogP contribution in [0.15, 0.2) is 24.3 Å². The van der Waals surface area contributed by atoms with Gasteiger partial charge in [0, 0.05) is 5.69 Å². The summed E-state index contributed by atoms with van der Waals surface area (Å²) in [6.45, 7) is 7.03. The highest BCUT2D eigenvalue weighted by Crippen LogP contribution is 2.15. The molecule has 0 aliphatic carbocycles. The van der Waals surface area contributed by atoms with Crippen LogP contribution in [0.4, 0.5) is 5.69 Å². The van der Waals surface area contributed by atoms with Gasteiger partial charge in [0.2, 0.25) is 0 Å². The molecular weight excluding hydrogens is 230 g/mol. The van der Waals surface area contributed by atoms with Crippen LogP contribution in [0.2, 0.25) is 19.6 Å². The van der Waals surface area contributed by atoms with E-state index in [9.17, 15) is 0 Å². The summed E-state index contributed by atoms with van der Waals surface area (Å²) in [5.41, 5.74) is 9.98. The van der Waals surface area contributed by atoms with Crippen LogP contribution in [-0.2, 0) is 0 Å². The molecule has 0 fully saturated rings. The summed E-state index contributed by atoms with van der Waals surface area (Å²) >= 11 is 0. The molecule has 0 saturated carbocycles. The van der Waals surface area contributed by atoms with Gasteiger partial charge in [-0.1, -0.05) is 19.6 Å². The fraction of sp³-hybridized carbons (Fsp3) is 0.417. The van der Waals surface area contributed by atoms with Gasteiger partial charge >= 0.3 is 0 Å². The number of benzene rings is 1. The summed E-state index contributed by atoms with van der Waals surface area (Å²) < 4.78 is 5.09. The van der Waals surface area contributed by atoms with Crippen LogP contribution in [0.5, 0.6) is 5.75 Å². The minimum absolute atomic E-state index is 0.582. The van der Waals surface area contributed by atoms with E-state index in [0.717, 1.165) is 16.8 Å². The molecule has 0 amide bonds. The van der Waals surface area contributed by atoms with Crippen LogP contribution in [0.3, 0.4) is 0 Å². The molecule has 0 unspecified atom stereocenters. The topological polar surface area (TPSA) is 57.7 Å². The van der Waals surface area contributed by atoms with Crippen molar-refractivity contribution < 1.29 is 9.53 Å². The predicted molar refractivity (Wildman–Crippen MR) is 73.5 cm³/mol. The highest BCUT2D eigenvalue weighted by molar-refractivity contribution is 7.03. The first-order valence-corrected chi connectivity index (χ1v) is 9.06. The summed E-state index contributed by atoms with van der Waals surface area (Å²) in [5.74, 6) is 0.830. The van der Waals surface area contributed by atoms with Crippen molar-refractivity contribution in [3.63, 3.8) is 0 Å². The SMILES string of the molecule is COc1ccc(NCC(=[N+]=[N-])[Si](C)(C)C)cc1. The Morgan fingerprint density at radius 2 is 1.88 bits per heavy atom. The molecule has 5 heteroatoms. The normalized spacial score (nSPS) is 10.6. The van der Waals surface area contributed by atoms with E-state index in [2.05, 4.69) is 29.7 Å². The van der Waals surface area contributed by atoms with E-state index < -0.39 is 8.07 Å². The van der Waals surface area contributed by atoms with E-state index >= 15 is 0 Å². The van der Waals surface area contributed by atoms with Crippen molar-refractivity contribution in [3.8, 4) is 5.75 Å². The predicted octanol–water partition coefficient (Wildman–Crippen LogP) is 2.66. The zero-order valence-electron chi connectivity index (χ0n) is 10.8. The van der Waals surface area contributed by atoms with Crippen LogP contribution in [-0.4, -0.2) is 31.9 Å². The Kier molecular flexibility index (Phi) is 4.49. The van der Waals surface area contributed by atoms with Crippen molar-refractivity contribution >= 4 is 19.1 Å². The Labute approximate surface area is 103 Å². The van der Waals surface area contributed by atoms with Crippen LogP contribution in [0.25, 0.3) is 5.53 Å². The zero-order chi connectivity index (χ0) is 12.9. The highest BCUT2D eigenvalue weighted by Gasteiger charge is 2.29. The lowest BCUT2D eigenvalue weighted by atomic mass is 10.3. The number of hydrogen-bond acceptors (Lipinski definition) is 2. The lowest BCUT2D eigenvalue weighted by Crippen LogP contribution is -2.39. The maximum absolute atomic E-state index is 8.98. The van der Waals surface area contributed by atoms with Gasteiger partial charge < -0.3 is 15.6 Å². The Bertz CT molecular complexity index is 416. The summed E-state index contributed by atoms with van der Waals surface area (Å²) in [7, 11) is 0.0975. The zero-order valence-corrected chi connectivity index (χ0v) is 11.8. The number of rotatable bonds is 5. The van der Waals surface area contributed by atoms with E-state index in [0.29, 0.717) is 6.54 Å². The maximum Gasteiger partial charge on any atom is 0.255 e. The van der Waals surface area contributed by atoms with Gasteiger partial charge in [0.1, 0.15) is 12.3 Å². The molecule has 0 aromatic heterocycles. The smallest absolute Gasteiger partial charge is 0.255 e. The molecule has 17 heavy (non-hydrogen) atoms. The number of ether oxygens (including phenoxy) is 1. The molecule has 0 radical (unpaired) electrons. The van der Waals surface area contributed by atoms with E-state index in [1.165, 1.54) is 0 Å². The molecule has 92 valence electrons. The molecule has 1 N–H and O–H groups in total. The fourth-order valence-corrected chi connectivity index (χ4v) is 2.26. The lowest BCUT2D eigenvalue weighted by Gasteiger charge is -2.11. The van der Waals surface area contributed by atoms with E-state index in [-0.39, 0.29) is 0 Å². The van der Waals surface area contributed by atoms with Gasteiger partial charge in [-0.05, 0) is 24.3 Å². The van der Waals surface area contributed by atoms with Gasteiger partial charge in [-0.25, -0.2) is 0 Å². The first kappa shape index (κ1) is 13.5. The minimum atomic E-state index is -1.55. The molecule has 0 atom stereocenters. The quantitative estimate of drug-likeness (QED) is 0.377. The largest absolute Gasteiger partial charge is 0.497 e. The second-order valence-corrected chi connectivity index (χ2v) is 9.96. The number of anilines is 1. The van der Waals surface area contributed by atoms with Crippen molar-refractivity contribution in [2.45, 2.75) is 19.6 Å². The second kappa shape index (κ2) is 5.66. The Hall–Kier alpha value is -1.58. The highest BCUT2D eigenvalue weighted by atomic mass is 28.3. The average Bonchev–Trinajstić information content (AvgIpc) is 2.29.